The van der Waals surface area contributed by atoms with Crippen LogP contribution in [0.15, 0.2) is 90.1 Å². The van der Waals surface area contributed by atoms with Crippen LogP contribution in [0.1, 0.15) is 17.2 Å². The van der Waals surface area contributed by atoms with Crippen LogP contribution in [-0.4, -0.2) is 32.4 Å². The fraction of sp³-hybridized carbons (Fsp3) is 0.174. The first-order valence-corrected chi connectivity index (χ1v) is 9.42. The van der Waals surface area contributed by atoms with Crippen LogP contribution in [0.25, 0.3) is 11.0 Å². The highest BCUT2D eigenvalue weighted by molar-refractivity contribution is 5.72. The first-order valence-electron chi connectivity index (χ1n) is 9.42. The Morgan fingerprint density at radius 1 is 0.897 bits per heavy atom. The van der Waals surface area contributed by atoms with Crippen LogP contribution in [0.4, 0.5) is 0 Å². The van der Waals surface area contributed by atoms with Crippen molar-refractivity contribution in [1.82, 2.24) is 14.5 Å². The molecular formula is C23H21N3O3. The van der Waals surface area contributed by atoms with Crippen LogP contribution in [0.5, 0.6) is 0 Å². The summed E-state index contributed by atoms with van der Waals surface area (Å²) in [6.07, 6.45) is 1.84. The number of ether oxygens (including phenoxy) is 1. The fourth-order valence-corrected chi connectivity index (χ4v) is 3.26. The number of pyridine rings is 1. The summed E-state index contributed by atoms with van der Waals surface area (Å²) in [6, 6.07) is 23.1. The van der Waals surface area contributed by atoms with Crippen molar-refractivity contribution in [3.63, 3.8) is 0 Å². The maximum absolute atomic E-state index is 12.6. The molecule has 6 heteroatoms. The molecule has 0 saturated carbocycles. The molecule has 0 fully saturated rings. The number of aliphatic hydroxyl groups is 1. The summed E-state index contributed by atoms with van der Waals surface area (Å²) in [5, 5.41) is 10.9. The third-order valence-electron chi connectivity index (χ3n) is 4.66. The lowest BCUT2D eigenvalue weighted by Crippen LogP contribution is -2.30. The van der Waals surface area contributed by atoms with Gasteiger partial charge in [-0.25, -0.2) is 9.97 Å². The Kier molecular flexibility index (Phi) is 5.74. The molecule has 6 nitrogen and oxygen atoms in total. The Bertz CT molecular complexity index is 1090. The van der Waals surface area contributed by atoms with Crippen molar-refractivity contribution < 1.29 is 9.84 Å². The standard InChI is InChI=1S/C23H21N3O3/c27-19(14-26-16-25-22-20(23(26)28)12-7-13-24-22)15-29-21(17-8-3-1-4-9-17)18-10-5-2-6-11-18/h1-13,16,19,21,27H,14-15H2/t19-/m0/s1. The van der Waals surface area contributed by atoms with E-state index in [-0.39, 0.29) is 24.8 Å². The van der Waals surface area contributed by atoms with Crippen molar-refractivity contribution >= 4 is 11.0 Å². The second-order valence-electron chi connectivity index (χ2n) is 6.77. The minimum Gasteiger partial charge on any atom is -0.389 e. The van der Waals surface area contributed by atoms with Gasteiger partial charge in [-0.2, -0.15) is 0 Å². The predicted octanol–water partition coefficient (Wildman–Crippen LogP) is 2.96. The number of aromatic nitrogens is 3. The van der Waals surface area contributed by atoms with E-state index in [2.05, 4.69) is 9.97 Å². The first kappa shape index (κ1) is 19.0. The van der Waals surface area contributed by atoms with E-state index in [1.165, 1.54) is 10.9 Å². The number of aliphatic hydroxyl groups excluding tert-OH is 1. The van der Waals surface area contributed by atoms with E-state index < -0.39 is 6.10 Å². The predicted molar refractivity (Wildman–Crippen MR) is 110 cm³/mol. The van der Waals surface area contributed by atoms with Gasteiger partial charge in [0.05, 0.1) is 24.6 Å². The minimum absolute atomic E-state index is 0.0754. The summed E-state index contributed by atoms with van der Waals surface area (Å²) < 4.78 is 7.46. The Hall–Kier alpha value is -3.35. The van der Waals surface area contributed by atoms with E-state index in [9.17, 15) is 9.90 Å². The second kappa shape index (κ2) is 8.77. The molecule has 1 N–H and O–H groups in total. The number of hydrogen-bond acceptors (Lipinski definition) is 5. The molecule has 2 heterocycles. The SMILES string of the molecule is O=c1c2cccnc2ncn1C[C@H](O)COC(c1ccccc1)c1ccccc1. The summed E-state index contributed by atoms with van der Waals surface area (Å²) in [6.45, 7) is 0.166. The smallest absolute Gasteiger partial charge is 0.262 e. The molecule has 0 bridgehead atoms. The van der Waals surface area contributed by atoms with Gasteiger partial charge in [0, 0.05) is 6.20 Å². The molecule has 0 aliphatic rings. The average Bonchev–Trinajstić information content (AvgIpc) is 2.77. The van der Waals surface area contributed by atoms with E-state index in [4.69, 9.17) is 4.74 Å². The van der Waals surface area contributed by atoms with Crippen LogP contribution in [-0.2, 0) is 11.3 Å². The highest BCUT2D eigenvalue weighted by Crippen LogP contribution is 2.25. The molecule has 1 atom stereocenters. The second-order valence-corrected chi connectivity index (χ2v) is 6.77. The molecule has 0 amide bonds. The zero-order chi connectivity index (χ0) is 20.1. The lowest BCUT2D eigenvalue weighted by Gasteiger charge is -2.21. The van der Waals surface area contributed by atoms with E-state index in [0.29, 0.717) is 11.0 Å². The van der Waals surface area contributed by atoms with E-state index in [0.717, 1.165) is 11.1 Å². The van der Waals surface area contributed by atoms with Crippen molar-refractivity contribution in [1.29, 1.82) is 0 Å². The van der Waals surface area contributed by atoms with Gasteiger partial charge in [-0.1, -0.05) is 60.7 Å². The maximum Gasteiger partial charge on any atom is 0.262 e. The van der Waals surface area contributed by atoms with Gasteiger partial charge in [-0.3, -0.25) is 9.36 Å². The number of hydrogen-bond donors (Lipinski definition) is 1. The Labute approximate surface area is 168 Å². The monoisotopic (exact) mass is 387 g/mol. The average molecular weight is 387 g/mol. The van der Waals surface area contributed by atoms with Gasteiger partial charge >= 0.3 is 0 Å². The first-order chi connectivity index (χ1) is 14.2. The Morgan fingerprint density at radius 3 is 2.21 bits per heavy atom. The zero-order valence-electron chi connectivity index (χ0n) is 15.8. The Morgan fingerprint density at radius 2 is 1.55 bits per heavy atom. The number of fused-ring (bicyclic) bond motifs is 1. The minimum atomic E-state index is -0.862. The molecule has 146 valence electrons. The van der Waals surface area contributed by atoms with Crippen molar-refractivity contribution in [3.8, 4) is 0 Å². The largest absolute Gasteiger partial charge is 0.389 e. The summed E-state index contributed by atoms with van der Waals surface area (Å²) in [5.74, 6) is 0. The molecule has 4 aromatic rings. The third kappa shape index (κ3) is 4.39. The van der Waals surface area contributed by atoms with E-state index in [1.54, 1.807) is 18.3 Å². The zero-order valence-corrected chi connectivity index (χ0v) is 15.8. The number of rotatable bonds is 7. The summed E-state index contributed by atoms with van der Waals surface area (Å²) >= 11 is 0. The summed E-state index contributed by atoms with van der Waals surface area (Å²) in [5.41, 5.74) is 2.17. The molecule has 0 saturated heterocycles. The lowest BCUT2D eigenvalue weighted by molar-refractivity contribution is -0.000987. The van der Waals surface area contributed by atoms with Gasteiger partial charge in [0.25, 0.3) is 5.56 Å². The third-order valence-corrected chi connectivity index (χ3v) is 4.66. The Balaban J connectivity index is 1.49. The molecule has 0 radical (unpaired) electrons. The van der Waals surface area contributed by atoms with Crippen LogP contribution in [0.2, 0.25) is 0 Å². The molecule has 2 aromatic carbocycles. The van der Waals surface area contributed by atoms with Crippen LogP contribution in [0.3, 0.4) is 0 Å². The fourth-order valence-electron chi connectivity index (χ4n) is 3.26. The van der Waals surface area contributed by atoms with Crippen LogP contribution < -0.4 is 5.56 Å². The number of benzene rings is 2. The van der Waals surface area contributed by atoms with Crippen LogP contribution >= 0.6 is 0 Å². The maximum atomic E-state index is 12.6. The molecule has 0 aliphatic carbocycles. The highest BCUT2D eigenvalue weighted by atomic mass is 16.5. The van der Waals surface area contributed by atoms with Gasteiger partial charge < -0.3 is 9.84 Å². The van der Waals surface area contributed by atoms with Crippen molar-refractivity contribution in [2.45, 2.75) is 18.8 Å². The van der Waals surface area contributed by atoms with Crippen molar-refractivity contribution in [2.24, 2.45) is 0 Å². The van der Waals surface area contributed by atoms with Crippen LogP contribution in [0, 0.1) is 0 Å². The van der Waals surface area contributed by atoms with Crippen molar-refractivity contribution in [2.75, 3.05) is 6.61 Å². The topological polar surface area (TPSA) is 77.2 Å². The van der Waals surface area contributed by atoms with E-state index >= 15 is 0 Å². The molecule has 4 rings (SSSR count). The molecule has 2 aromatic heterocycles. The molecule has 0 spiro atoms. The number of nitrogens with zero attached hydrogens (tertiary/aromatic N) is 3. The van der Waals surface area contributed by atoms with Gasteiger partial charge in [-0.05, 0) is 23.3 Å². The molecule has 0 unspecified atom stereocenters. The summed E-state index contributed by atoms with van der Waals surface area (Å²) in [4.78, 5) is 20.8. The normalized spacial score (nSPS) is 12.3. The van der Waals surface area contributed by atoms with E-state index in [1.807, 2.05) is 60.7 Å². The molecule has 0 aliphatic heterocycles. The molecule has 29 heavy (non-hydrogen) atoms. The lowest BCUT2D eigenvalue weighted by atomic mass is 10.0. The molecular weight excluding hydrogens is 366 g/mol. The summed E-state index contributed by atoms with van der Waals surface area (Å²) in [7, 11) is 0. The van der Waals surface area contributed by atoms with Gasteiger partial charge in [-0.15, -0.1) is 0 Å². The quantitative estimate of drug-likeness (QED) is 0.528. The van der Waals surface area contributed by atoms with Gasteiger partial charge in [0.15, 0.2) is 5.65 Å². The van der Waals surface area contributed by atoms with Gasteiger partial charge in [0.1, 0.15) is 12.4 Å². The van der Waals surface area contributed by atoms with Crippen molar-refractivity contribution in [3.05, 3.63) is 107 Å². The highest BCUT2D eigenvalue weighted by Gasteiger charge is 2.17. The van der Waals surface area contributed by atoms with Gasteiger partial charge in [0.2, 0.25) is 0 Å².